The van der Waals surface area contributed by atoms with Gasteiger partial charge in [0.15, 0.2) is 5.82 Å². The summed E-state index contributed by atoms with van der Waals surface area (Å²) in [6, 6.07) is 8.30. The molecule has 4 rings (SSSR count). The molecular formula is C19H19FN4OS. The first-order chi connectivity index (χ1) is 12.6. The van der Waals surface area contributed by atoms with Crippen molar-refractivity contribution in [2.45, 2.75) is 39.2 Å². The third-order valence-electron chi connectivity index (χ3n) is 4.55. The molecule has 1 amide bonds. The van der Waals surface area contributed by atoms with E-state index in [0.717, 1.165) is 47.9 Å². The third kappa shape index (κ3) is 3.26. The minimum atomic E-state index is -0.467. The Kier molecular flexibility index (Phi) is 4.55. The van der Waals surface area contributed by atoms with Gasteiger partial charge in [-0.3, -0.25) is 4.79 Å². The standard InChI is InChI=1S/C19H19FN4OS/c1-12-6-9-16(26-12)19(25)21-15-11-13(7-8-14(15)20)18-23-22-17-5-3-2-4-10-24(17)18/h6-9,11H,2-5,10H2,1H3,(H,21,25). The molecule has 0 atom stereocenters. The quantitative estimate of drug-likeness (QED) is 0.742. The van der Waals surface area contributed by atoms with Crippen LogP contribution >= 0.6 is 11.3 Å². The van der Waals surface area contributed by atoms with E-state index in [0.29, 0.717) is 4.88 Å². The lowest BCUT2D eigenvalue weighted by Gasteiger charge is -2.10. The van der Waals surface area contributed by atoms with Gasteiger partial charge in [0, 0.05) is 23.4 Å². The maximum absolute atomic E-state index is 14.2. The normalized spacial score (nSPS) is 13.9. The largest absolute Gasteiger partial charge is 0.319 e. The molecular weight excluding hydrogens is 351 g/mol. The number of aromatic nitrogens is 3. The fourth-order valence-corrected chi connectivity index (χ4v) is 3.96. The Morgan fingerprint density at radius 1 is 1.19 bits per heavy atom. The first-order valence-corrected chi connectivity index (χ1v) is 9.53. The van der Waals surface area contributed by atoms with Gasteiger partial charge in [0.05, 0.1) is 10.6 Å². The summed E-state index contributed by atoms with van der Waals surface area (Å²) in [6.07, 6.45) is 4.28. The number of anilines is 1. The van der Waals surface area contributed by atoms with Gasteiger partial charge in [-0.05, 0) is 50.1 Å². The number of nitrogens with one attached hydrogen (secondary N) is 1. The first kappa shape index (κ1) is 16.9. The summed E-state index contributed by atoms with van der Waals surface area (Å²) in [5, 5.41) is 11.3. The second-order valence-corrected chi connectivity index (χ2v) is 7.75. The highest BCUT2D eigenvalue weighted by molar-refractivity contribution is 7.14. The van der Waals surface area contributed by atoms with Crippen molar-refractivity contribution in [3.8, 4) is 11.4 Å². The summed E-state index contributed by atoms with van der Waals surface area (Å²) in [4.78, 5) is 14.0. The van der Waals surface area contributed by atoms with Gasteiger partial charge in [0.25, 0.3) is 5.91 Å². The Morgan fingerprint density at radius 2 is 2.08 bits per heavy atom. The average Bonchev–Trinajstić information content (AvgIpc) is 3.17. The van der Waals surface area contributed by atoms with Gasteiger partial charge in [-0.25, -0.2) is 4.39 Å². The predicted octanol–water partition coefficient (Wildman–Crippen LogP) is 4.43. The van der Waals surface area contributed by atoms with E-state index in [4.69, 9.17) is 0 Å². The molecule has 5 nitrogen and oxygen atoms in total. The van der Waals surface area contributed by atoms with Gasteiger partial charge in [0.2, 0.25) is 0 Å². The number of hydrogen-bond acceptors (Lipinski definition) is 4. The molecule has 1 aliphatic heterocycles. The van der Waals surface area contributed by atoms with Crippen LogP contribution in [0.2, 0.25) is 0 Å². The van der Waals surface area contributed by atoms with E-state index in [1.165, 1.54) is 23.8 Å². The SMILES string of the molecule is Cc1ccc(C(=O)Nc2cc(-c3nnc4n3CCCCC4)ccc2F)s1. The fraction of sp³-hybridized carbons (Fsp3) is 0.316. The molecule has 1 aromatic carbocycles. The highest BCUT2D eigenvalue weighted by Crippen LogP contribution is 2.27. The summed E-state index contributed by atoms with van der Waals surface area (Å²) in [5.41, 5.74) is 0.911. The Labute approximate surface area is 154 Å². The minimum absolute atomic E-state index is 0.157. The summed E-state index contributed by atoms with van der Waals surface area (Å²) in [7, 11) is 0. The van der Waals surface area contributed by atoms with Crippen molar-refractivity contribution in [3.05, 3.63) is 51.7 Å². The minimum Gasteiger partial charge on any atom is -0.319 e. The number of aryl methyl sites for hydroxylation is 2. The number of carbonyl (C=O) groups excluding carboxylic acids is 1. The lowest BCUT2D eigenvalue weighted by molar-refractivity contribution is 0.103. The van der Waals surface area contributed by atoms with E-state index in [9.17, 15) is 9.18 Å². The molecule has 0 spiro atoms. The second kappa shape index (κ2) is 6.99. The molecule has 0 saturated heterocycles. The van der Waals surface area contributed by atoms with Gasteiger partial charge in [-0.15, -0.1) is 21.5 Å². The van der Waals surface area contributed by atoms with Crippen molar-refractivity contribution >= 4 is 22.9 Å². The van der Waals surface area contributed by atoms with Crippen LogP contribution in [-0.2, 0) is 13.0 Å². The Bertz CT molecular complexity index is 962. The fourth-order valence-electron chi connectivity index (χ4n) is 3.20. The molecule has 0 saturated carbocycles. The van der Waals surface area contributed by atoms with Gasteiger partial charge >= 0.3 is 0 Å². The Hall–Kier alpha value is -2.54. The average molecular weight is 370 g/mol. The van der Waals surface area contributed by atoms with Gasteiger partial charge in [0.1, 0.15) is 11.6 Å². The lowest BCUT2D eigenvalue weighted by Crippen LogP contribution is -2.11. The van der Waals surface area contributed by atoms with Crippen LogP contribution in [0.3, 0.4) is 0 Å². The number of carbonyl (C=O) groups is 1. The number of fused-ring (bicyclic) bond motifs is 1. The van der Waals surface area contributed by atoms with Crippen molar-refractivity contribution < 1.29 is 9.18 Å². The van der Waals surface area contributed by atoms with Crippen LogP contribution < -0.4 is 5.32 Å². The topological polar surface area (TPSA) is 59.8 Å². The molecule has 3 aromatic rings. The van der Waals surface area contributed by atoms with Gasteiger partial charge in [-0.1, -0.05) is 6.42 Å². The van der Waals surface area contributed by atoms with E-state index in [1.54, 1.807) is 18.2 Å². The van der Waals surface area contributed by atoms with E-state index in [1.807, 2.05) is 13.0 Å². The van der Waals surface area contributed by atoms with Gasteiger partial charge < -0.3 is 9.88 Å². The second-order valence-electron chi connectivity index (χ2n) is 6.46. The maximum Gasteiger partial charge on any atom is 0.265 e. The first-order valence-electron chi connectivity index (χ1n) is 8.71. The molecule has 0 bridgehead atoms. The molecule has 0 unspecified atom stereocenters. The zero-order valence-corrected chi connectivity index (χ0v) is 15.3. The zero-order chi connectivity index (χ0) is 18.1. The van der Waals surface area contributed by atoms with Crippen LogP contribution in [0, 0.1) is 12.7 Å². The monoisotopic (exact) mass is 370 g/mol. The van der Waals surface area contributed by atoms with Crippen molar-refractivity contribution in [1.82, 2.24) is 14.8 Å². The summed E-state index contributed by atoms with van der Waals surface area (Å²) >= 11 is 1.38. The highest BCUT2D eigenvalue weighted by Gasteiger charge is 2.18. The molecule has 2 aromatic heterocycles. The van der Waals surface area contributed by atoms with Crippen LogP contribution in [0.4, 0.5) is 10.1 Å². The molecule has 26 heavy (non-hydrogen) atoms. The zero-order valence-electron chi connectivity index (χ0n) is 14.5. The summed E-state index contributed by atoms with van der Waals surface area (Å²) < 4.78 is 16.3. The van der Waals surface area contributed by atoms with Crippen molar-refractivity contribution in [2.75, 3.05) is 5.32 Å². The number of nitrogens with zero attached hydrogens (tertiary/aromatic N) is 3. The number of benzene rings is 1. The van der Waals surface area contributed by atoms with Crippen LogP contribution in [0.15, 0.2) is 30.3 Å². The number of thiophene rings is 1. The third-order valence-corrected chi connectivity index (χ3v) is 5.55. The van der Waals surface area contributed by atoms with E-state index in [-0.39, 0.29) is 11.6 Å². The molecule has 0 fully saturated rings. The van der Waals surface area contributed by atoms with Crippen LogP contribution in [0.1, 0.15) is 39.6 Å². The van der Waals surface area contributed by atoms with Crippen molar-refractivity contribution in [2.24, 2.45) is 0 Å². The van der Waals surface area contributed by atoms with Crippen molar-refractivity contribution in [3.63, 3.8) is 0 Å². The number of halogens is 1. The molecule has 7 heteroatoms. The smallest absolute Gasteiger partial charge is 0.265 e. The number of amides is 1. The van der Waals surface area contributed by atoms with Crippen molar-refractivity contribution in [1.29, 1.82) is 0 Å². The number of rotatable bonds is 3. The Balaban J connectivity index is 1.64. The lowest BCUT2D eigenvalue weighted by atomic mass is 10.1. The van der Waals surface area contributed by atoms with E-state index < -0.39 is 5.82 Å². The Morgan fingerprint density at radius 3 is 2.88 bits per heavy atom. The van der Waals surface area contributed by atoms with Crippen LogP contribution in [-0.4, -0.2) is 20.7 Å². The molecule has 0 aliphatic carbocycles. The highest BCUT2D eigenvalue weighted by atomic mass is 32.1. The maximum atomic E-state index is 14.2. The van der Waals surface area contributed by atoms with Crippen LogP contribution in [0.5, 0.6) is 0 Å². The molecule has 3 heterocycles. The summed E-state index contributed by atoms with van der Waals surface area (Å²) in [6.45, 7) is 2.80. The molecule has 134 valence electrons. The van der Waals surface area contributed by atoms with Crippen LogP contribution in [0.25, 0.3) is 11.4 Å². The van der Waals surface area contributed by atoms with E-state index >= 15 is 0 Å². The molecule has 0 radical (unpaired) electrons. The molecule has 1 aliphatic rings. The summed E-state index contributed by atoms with van der Waals surface area (Å²) in [5.74, 6) is 0.927. The number of hydrogen-bond donors (Lipinski definition) is 1. The molecule has 1 N–H and O–H groups in total. The van der Waals surface area contributed by atoms with E-state index in [2.05, 4.69) is 20.1 Å². The predicted molar refractivity (Wildman–Crippen MR) is 100.0 cm³/mol. The van der Waals surface area contributed by atoms with Gasteiger partial charge in [-0.2, -0.15) is 0 Å².